The summed E-state index contributed by atoms with van der Waals surface area (Å²) in [5.74, 6) is -0.289. The number of halogens is 1. The predicted molar refractivity (Wildman–Crippen MR) is 49.8 cm³/mol. The molecule has 0 aliphatic carbocycles. The smallest absolute Gasteiger partial charge is 0.126 e. The number of hydrogen-bond donors (Lipinski definition) is 2. The molecule has 0 aliphatic heterocycles. The van der Waals surface area contributed by atoms with Gasteiger partial charge in [-0.3, -0.25) is 0 Å². The second kappa shape index (κ2) is 3.44. The summed E-state index contributed by atoms with van der Waals surface area (Å²) in [7, 11) is 0. The summed E-state index contributed by atoms with van der Waals surface area (Å²) < 4.78 is 13.1. The molecule has 2 nitrogen and oxygen atoms in total. The van der Waals surface area contributed by atoms with Gasteiger partial charge in [0.1, 0.15) is 5.82 Å². The van der Waals surface area contributed by atoms with Gasteiger partial charge in [0, 0.05) is 0 Å². The molecule has 72 valence electrons. The zero-order valence-electron chi connectivity index (χ0n) is 7.84. The molecule has 3 N–H and O–H groups in total. The Bertz CT molecular complexity index is 310. The summed E-state index contributed by atoms with van der Waals surface area (Å²) in [6.45, 7) is 3.14. The molecule has 0 heterocycles. The SMILES string of the molecule is Cc1c(F)cccc1[C@](C)(N)CO. The van der Waals surface area contributed by atoms with E-state index in [4.69, 9.17) is 10.8 Å². The molecule has 0 bridgehead atoms. The quantitative estimate of drug-likeness (QED) is 0.726. The van der Waals surface area contributed by atoms with Crippen LogP contribution in [-0.2, 0) is 5.54 Å². The van der Waals surface area contributed by atoms with Crippen LogP contribution in [0.1, 0.15) is 18.1 Å². The highest BCUT2D eigenvalue weighted by molar-refractivity contribution is 5.33. The maximum absolute atomic E-state index is 13.1. The van der Waals surface area contributed by atoms with Crippen LogP contribution in [0.2, 0.25) is 0 Å². The summed E-state index contributed by atoms with van der Waals surface area (Å²) in [4.78, 5) is 0. The molecule has 3 heteroatoms. The first kappa shape index (κ1) is 10.2. The summed E-state index contributed by atoms with van der Waals surface area (Å²) in [6.07, 6.45) is 0. The van der Waals surface area contributed by atoms with E-state index in [0.29, 0.717) is 11.1 Å². The van der Waals surface area contributed by atoms with E-state index in [1.165, 1.54) is 6.07 Å². The Morgan fingerprint density at radius 2 is 2.15 bits per heavy atom. The summed E-state index contributed by atoms with van der Waals surface area (Å²) in [6, 6.07) is 4.71. The van der Waals surface area contributed by atoms with Crippen molar-refractivity contribution in [2.75, 3.05) is 6.61 Å². The topological polar surface area (TPSA) is 46.2 Å². The number of aliphatic hydroxyl groups is 1. The summed E-state index contributed by atoms with van der Waals surface area (Å²) >= 11 is 0. The zero-order chi connectivity index (χ0) is 10.1. The van der Waals surface area contributed by atoms with E-state index in [1.54, 1.807) is 26.0 Å². The van der Waals surface area contributed by atoms with Gasteiger partial charge in [0.05, 0.1) is 12.1 Å². The fourth-order valence-electron chi connectivity index (χ4n) is 1.31. The molecule has 13 heavy (non-hydrogen) atoms. The van der Waals surface area contributed by atoms with Crippen molar-refractivity contribution in [3.05, 3.63) is 35.1 Å². The van der Waals surface area contributed by atoms with Crippen molar-refractivity contribution in [3.63, 3.8) is 0 Å². The second-order valence-electron chi connectivity index (χ2n) is 3.49. The molecule has 1 aromatic rings. The Labute approximate surface area is 77.2 Å². The van der Waals surface area contributed by atoms with E-state index < -0.39 is 5.54 Å². The Kier molecular flexibility index (Phi) is 2.68. The van der Waals surface area contributed by atoms with Gasteiger partial charge in [-0.25, -0.2) is 4.39 Å². The van der Waals surface area contributed by atoms with Crippen molar-refractivity contribution >= 4 is 0 Å². The third-order valence-corrected chi connectivity index (χ3v) is 2.21. The van der Waals surface area contributed by atoms with Crippen molar-refractivity contribution in [1.82, 2.24) is 0 Å². The Balaban J connectivity index is 3.22. The lowest BCUT2D eigenvalue weighted by atomic mass is 9.90. The Morgan fingerprint density at radius 1 is 1.54 bits per heavy atom. The van der Waals surface area contributed by atoms with Gasteiger partial charge in [-0.15, -0.1) is 0 Å². The molecule has 0 saturated carbocycles. The lowest BCUT2D eigenvalue weighted by Crippen LogP contribution is -2.37. The van der Waals surface area contributed by atoms with Crippen molar-refractivity contribution < 1.29 is 9.50 Å². The first-order valence-electron chi connectivity index (χ1n) is 4.14. The van der Waals surface area contributed by atoms with E-state index in [1.807, 2.05) is 0 Å². The molecule has 0 aromatic heterocycles. The molecule has 1 rings (SSSR count). The number of rotatable bonds is 2. The summed E-state index contributed by atoms with van der Waals surface area (Å²) in [5, 5.41) is 9.02. The van der Waals surface area contributed by atoms with Crippen LogP contribution in [0.4, 0.5) is 4.39 Å². The fraction of sp³-hybridized carbons (Fsp3) is 0.400. The molecular formula is C10H14FNO. The van der Waals surface area contributed by atoms with Crippen molar-refractivity contribution in [2.45, 2.75) is 19.4 Å². The van der Waals surface area contributed by atoms with Crippen LogP contribution in [0.5, 0.6) is 0 Å². The Morgan fingerprint density at radius 3 is 2.69 bits per heavy atom. The van der Waals surface area contributed by atoms with E-state index in [0.717, 1.165) is 0 Å². The largest absolute Gasteiger partial charge is 0.394 e. The zero-order valence-corrected chi connectivity index (χ0v) is 7.84. The molecule has 0 fully saturated rings. The van der Waals surface area contributed by atoms with Crippen LogP contribution in [0.25, 0.3) is 0 Å². The van der Waals surface area contributed by atoms with Crippen LogP contribution in [0, 0.1) is 12.7 Å². The van der Waals surface area contributed by atoms with Gasteiger partial charge in [-0.05, 0) is 31.0 Å². The van der Waals surface area contributed by atoms with E-state index in [2.05, 4.69) is 0 Å². The van der Waals surface area contributed by atoms with Gasteiger partial charge >= 0.3 is 0 Å². The number of benzene rings is 1. The van der Waals surface area contributed by atoms with Gasteiger partial charge < -0.3 is 10.8 Å². The normalized spacial score (nSPS) is 15.5. The van der Waals surface area contributed by atoms with Gasteiger partial charge in [0.25, 0.3) is 0 Å². The van der Waals surface area contributed by atoms with E-state index in [9.17, 15) is 4.39 Å². The van der Waals surface area contributed by atoms with Crippen LogP contribution in [-0.4, -0.2) is 11.7 Å². The maximum Gasteiger partial charge on any atom is 0.126 e. The first-order chi connectivity index (χ1) is 5.99. The average molecular weight is 183 g/mol. The van der Waals surface area contributed by atoms with E-state index in [-0.39, 0.29) is 12.4 Å². The van der Waals surface area contributed by atoms with Gasteiger partial charge in [-0.2, -0.15) is 0 Å². The van der Waals surface area contributed by atoms with Gasteiger partial charge in [0.15, 0.2) is 0 Å². The number of aliphatic hydroxyl groups excluding tert-OH is 1. The third kappa shape index (κ3) is 1.87. The summed E-state index contributed by atoms with van der Waals surface area (Å²) in [5.41, 5.74) is 6.07. The molecular weight excluding hydrogens is 169 g/mol. The second-order valence-corrected chi connectivity index (χ2v) is 3.49. The highest BCUT2D eigenvalue weighted by Gasteiger charge is 2.22. The molecule has 0 unspecified atom stereocenters. The molecule has 0 aliphatic rings. The minimum absolute atomic E-state index is 0.197. The first-order valence-corrected chi connectivity index (χ1v) is 4.14. The monoisotopic (exact) mass is 183 g/mol. The highest BCUT2D eigenvalue weighted by atomic mass is 19.1. The lowest BCUT2D eigenvalue weighted by Gasteiger charge is -2.24. The molecule has 0 spiro atoms. The minimum Gasteiger partial charge on any atom is -0.394 e. The number of nitrogens with two attached hydrogens (primary N) is 1. The maximum atomic E-state index is 13.1. The average Bonchev–Trinajstić information content (AvgIpc) is 2.09. The van der Waals surface area contributed by atoms with Crippen LogP contribution >= 0.6 is 0 Å². The van der Waals surface area contributed by atoms with Gasteiger partial charge in [-0.1, -0.05) is 12.1 Å². The molecule has 1 aromatic carbocycles. The molecule has 0 amide bonds. The predicted octanol–water partition coefficient (Wildman–Crippen LogP) is 1.30. The van der Waals surface area contributed by atoms with Crippen molar-refractivity contribution in [3.8, 4) is 0 Å². The molecule has 0 saturated heterocycles. The Hall–Kier alpha value is -0.930. The fourth-order valence-corrected chi connectivity index (χ4v) is 1.31. The van der Waals surface area contributed by atoms with Crippen molar-refractivity contribution in [2.24, 2.45) is 5.73 Å². The van der Waals surface area contributed by atoms with Crippen LogP contribution in [0.15, 0.2) is 18.2 Å². The van der Waals surface area contributed by atoms with E-state index >= 15 is 0 Å². The molecule has 1 atom stereocenters. The van der Waals surface area contributed by atoms with Crippen LogP contribution < -0.4 is 5.73 Å². The number of hydrogen-bond acceptors (Lipinski definition) is 2. The standard InChI is InChI=1S/C10H14FNO/c1-7-8(10(2,12)6-13)4-3-5-9(7)11/h3-5,13H,6,12H2,1-2H3/t10-/m1/s1. The lowest BCUT2D eigenvalue weighted by molar-refractivity contribution is 0.209. The van der Waals surface area contributed by atoms with Crippen molar-refractivity contribution in [1.29, 1.82) is 0 Å². The van der Waals surface area contributed by atoms with Crippen LogP contribution in [0.3, 0.4) is 0 Å². The highest BCUT2D eigenvalue weighted by Crippen LogP contribution is 2.22. The molecule has 0 radical (unpaired) electrons. The van der Waals surface area contributed by atoms with Gasteiger partial charge in [0.2, 0.25) is 0 Å². The third-order valence-electron chi connectivity index (χ3n) is 2.21. The minimum atomic E-state index is -0.869.